The van der Waals surface area contributed by atoms with E-state index in [4.69, 9.17) is 13.9 Å². The minimum Gasteiger partial charge on any atom is -0.486 e. The Bertz CT molecular complexity index is 844. The van der Waals surface area contributed by atoms with E-state index in [1.54, 1.807) is 35.2 Å². The summed E-state index contributed by atoms with van der Waals surface area (Å²) in [6.45, 7) is 5.27. The molecule has 2 aromatic rings. The Kier molecular flexibility index (Phi) is 5.21. The summed E-state index contributed by atoms with van der Waals surface area (Å²) in [6, 6.07) is 8.44. The molecule has 1 aromatic carbocycles. The summed E-state index contributed by atoms with van der Waals surface area (Å²) in [6.07, 6.45) is 1.49. The summed E-state index contributed by atoms with van der Waals surface area (Å²) in [4.78, 5) is 28.8. The van der Waals surface area contributed by atoms with Gasteiger partial charge >= 0.3 is 0 Å². The number of piperazine rings is 1. The van der Waals surface area contributed by atoms with E-state index in [2.05, 4.69) is 10.2 Å². The smallest absolute Gasteiger partial charge is 0.289 e. The second-order valence-corrected chi connectivity index (χ2v) is 6.83. The summed E-state index contributed by atoms with van der Waals surface area (Å²) < 4.78 is 16.2. The van der Waals surface area contributed by atoms with Crippen molar-refractivity contribution in [3.63, 3.8) is 0 Å². The van der Waals surface area contributed by atoms with Crippen molar-refractivity contribution < 1.29 is 23.5 Å². The highest BCUT2D eigenvalue weighted by Gasteiger charge is 2.29. The maximum Gasteiger partial charge on any atom is 0.289 e. The maximum atomic E-state index is 12.7. The average Bonchev–Trinajstić information content (AvgIpc) is 3.27. The van der Waals surface area contributed by atoms with Crippen molar-refractivity contribution in [2.75, 3.05) is 44.7 Å². The largest absolute Gasteiger partial charge is 0.486 e. The van der Waals surface area contributed by atoms with Gasteiger partial charge in [0.1, 0.15) is 13.2 Å². The number of nitrogens with zero attached hydrogens (tertiary/aromatic N) is 2. The van der Waals surface area contributed by atoms with Crippen LogP contribution in [0.25, 0.3) is 0 Å². The first-order chi connectivity index (χ1) is 13.6. The van der Waals surface area contributed by atoms with Crippen molar-refractivity contribution >= 4 is 17.5 Å². The fourth-order valence-electron chi connectivity index (χ4n) is 3.40. The Morgan fingerprint density at radius 1 is 1.04 bits per heavy atom. The third-order valence-corrected chi connectivity index (χ3v) is 5.07. The average molecular weight is 385 g/mol. The van der Waals surface area contributed by atoms with Crippen LogP contribution in [0.5, 0.6) is 11.5 Å². The summed E-state index contributed by atoms with van der Waals surface area (Å²) in [5, 5.41) is 2.93. The van der Waals surface area contributed by atoms with Crippen molar-refractivity contribution in [2.24, 2.45) is 0 Å². The highest BCUT2D eigenvalue weighted by Crippen LogP contribution is 2.32. The van der Waals surface area contributed by atoms with E-state index >= 15 is 0 Å². The number of anilines is 1. The molecule has 0 unspecified atom stereocenters. The van der Waals surface area contributed by atoms with Crippen LogP contribution in [0.4, 0.5) is 5.69 Å². The lowest BCUT2D eigenvalue weighted by molar-refractivity contribution is -0.121. The maximum absolute atomic E-state index is 12.7. The number of hydrogen-bond donors (Lipinski definition) is 1. The molecule has 1 fully saturated rings. The summed E-state index contributed by atoms with van der Waals surface area (Å²) in [5.41, 5.74) is 0.674. The van der Waals surface area contributed by atoms with Crippen molar-refractivity contribution in [3.05, 3.63) is 42.4 Å². The summed E-state index contributed by atoms with van der Waals surface area (Å²) in [7, 11) is 0. The van der Waals surface area contributed by atoms with Crippen LogP contribution in [0, 0.1) is 0 Å². The first-order valence-corrected chi connectivity index (χ1v) is 9.39. The normalized spacial score (nSPS) is 17.8. The number of nitrogens with one attached hydrogen (secondary N) is 1. The highest BCUT2D eigenvalue weighted by molar-refractivity contribution is 5.95. The van der Waals surface area contributed by atoms with Gasteiger partial charge in [-0.3, -0.25) is 14.5 Å². The van der Waals surface area contributed by atoms with Crippen LogP contribution >= 0.6 is 0 Å². The zero-order valence-electron chi connectivity index (χ0n) is 15.7. The predicted octanol–water partition coefficient (Wildman–Crippen LogP) is 1.84. The number of furan rings is 1. The topological polar surface area (TPSA) is 84.3 Å². The molecule has 1 N–H and O–H groups in total. The van der Waals surface area contributed by atoms with Crippen LogP contribution < -0.4 is 14.8 Å². The first kappa shape index (κ1) is 18.4. The van der Waals surface area contributed by atoms with E-state index in [1.165, 1.54) is 6.26 Å². The molecule has 148 valence electrons. The van der Waals surface area contributed by atoms with E-state index in [1.807, 2.05) is 6.92 Å². The third kappa shape index (κ3) is 3.82. The molecule has 1 aromatic heterocycles. The van der Waals surface area contributed by atoms with Gasteiger partial charge in [-0.05, 0) is 31.2 Å². The lowest BCUT2D eigenvalue weighted by Crippen LogP contribution is -2.54. The van der Waals surface area contributed by atoms with Gasteiger partial charge in [-0.1, -0.05) is 0 Å². The second-order valence-electron chi connectivity index (χ2n) is 6.83. The molecule has 1 atom stereocenters. The number of benzene rings is 1. The highest BCUT2D eigenvalue weighted by atomic mass is 16.6. The van der Waals surface area contributed by atoms with Crippen LogP contribution in [0.1, 0.15) is 17.5 Å². The SMILES string of the molecule is C[C@H](C(=O)Nc1ccc2c(c1)OCCO2)N1CCN(C(=O)c2ccco2)CC1. The number of carbonyl (C=O) groups excluding carboxylic acids is 2. The van der Waals surface area contributed by atoms with E-state index in [0.29, 0.717) is 62.3 Å². The number of fused-ring (bicyclic) bond motifs is 1. The van der Waals surface area contributed by atoms with Crippen LogP contribution in [0.3, 0.4) is 0 Å². The fraction of sp³-hybridized carbons (Fsp3) is 0.400. The minimum absolute atomic E-state index is 0.0949. The monoisotopic (exact) mass is 385 g/mol. The van der Waals surface area contributed by atoms with Gasteiger partial charge in [0.05, 0.1) is 12.3 Å². The van der Waals surface area contributed by atoms with Gasteiger partial charge in [-0.15, -0.1) is 0 Å². The van der Waals surface area contributed by atoms with E-state index < -0.39 is 0 Å². The van der Waals surface area contributed by atoms with Crippen molar-refractivity contribution in [1.29, 1.82) is 0 Å². The number of carbonyl (C=O) groups is 2. The molecule has 8 nitrogen and oxygen atoms in total. The van der Waals surface area contributed by atoms with Crippen LogP contribution in [-0.2, 0) is 4.79 Å². The van der Waals surface area contributed by atoms with Gasteiger partial charge in [0.25, 0.3) is 5.91 Å². The Morgan fingerprint density at radius 2 is 1.79 bits per heavy atom. The molecule has 4 rings (SSSR count). The standard InChI is InChI=1S/C20H23N3O5/c1-14(19(24)21-15-4-5-16-18(13-15)28-12-11-27-16)22-6-8-23(9-7-22)20(25)17-3-2-10-26-17/h2-5,10,13-14H,6-9,11-12H2,1H3,(H,21,24)/t14-/m1/s1. The van der Waals surface area contributed by atoms with Gasteiger partial charge in [-0.25, -0.2) is 0 Å². The predicted molar refractivity (Wildman–Crippen MR) is 102 cm³/mol. The molecular formula is C20H23N3O5. The zero-order chi connectivity index (χ0) is 19.5. The number of amides is 2. The van der Waals surface area contributed by atoms with E-state index in [-0.39, 0.29) is 17.9 Å². The Balaban J connectivity index is 1.32. The number of hydrogen-bond acceptors (Lipinski definition) is 6. The van der Waals surface area contributed by atoms with Crippen molar-refractivity contribution in [3.8, 4) is 11.5 Å². The van der Waals surface area contributed by atoms with Gasteiger partial charge in [0, 0.05) is 37.9 Å². The zero-order valence-corrected chi connectivity index (χ0v) is 15.7. The third-order valence-electron chi connectivity index (χ3n) is 5.07. The molecule has 2 aliphatic heterocycles. The van der Waals surface area contributed by atoms with Gasteiger partial charge in [-0.2, -0.15) is 0 Å². The molecular weight excluding hydrogens is 362 g/mol. The Morgan fingerprint density at radius 3 is 2.50 bits per heavy atom. The van der Waals surface area contributed by atoms with Crippen molar-refractivity contribution in [2.45, 2.75) is 13.0 Å². The molecule has 1 saturated heterocycles. The van der Waals surface area contributed by atoms with Gasteiger partial charge in [0.2, 0.25) is 5.91 Å². The lowest BCUT2D eigenvalue weighted by atomic mass is 10.2. The van der Waals surface area contributed by atoms with Gasteiger partial charge in [0.15, 0.2) is 17.3 Å². The lowest BCUT2D eigenvalue weighted by Gasteiger charge is -2.37. The molecule has 2 amide bonds. The molecule has 0 aliphatic carbocycles. The molecule has 2 aliphatic rings. The first-order valence-electron chi connectivity index (χ1n) is 9.39. The summed E-state index contributed by atoms with van der Waals surface area (Å²) >= 11 is 0. The number of rotatable bonds is 4. The second kappa shape index (κ2) is 7.93. The molecule has 0 saturated carbocycles. The molecule has 8 heteroatoms. The van der Waals surface area contributed by atoms with Crippen LogP contribution in [0.15, 0.2) is 41.0 Å². The molecule has 0 spiro atoms. The van der Waals surface area contributed by atoms with E-state index in [0.717, 1.165) is 0 Å². The summed E-state index contributed by atoms with van der Waals surface area (Å²) in [5.74, 6) is 1.47. The molecule has 28 heavy (non-hydrogen) atoms. The quantitative estimate of drug-likeness (QED) is 0.865. The van der Waals surface area contributed by atoms with Gasteiger partial charge < -0.3 is 24.1 Å². The number of ether oxygens (including phenoxy) is 2. The minimum atomic E-state index is -0.311. The molecule has 0 bridgehead atoms. The Labute approximate surface area is 163 Å². The molecule has 3 heterocycles. The van der Waals surface area contributed by atoms with E-state index in [9.17, 15) is 9.59 Å². The molecule has 0 radical (unpaired) electrons. The Hall–Kier alpha value is -3.00. The van der Waals surface area contributed by atoms with Crippen molar-refractivity contribution in [1.82, 2.24) is 9.80 Å². The van der Waals surface area contributed by atoms with Crippen LogP contribution in [-0.4, -0.2) is 67.0 Å². The fourth-order valence-corrected chi connectivity index (χ4v) is 3.40. The van der Waals surface area contributed by atoms with Crippen LogP contribution in [0.2, 0.25) is 0 Å².